The van der Waals surface area contributed by atoms with E-state index >= 15 is 0 Å². The number of aromatic nitrogens is 3. The molecule has 1 saturated heterocycles. The van der Waals surface area contributed by atoms with Gasteiger partial charge in [-0.25, -0.2) is 0 Å². The molecule has 0 bridgehead atoms. The number of amides is 1. The van der Waals surface area contributed by atoms with E-state index in [1.807, 2.05) is 33.7 Å². The fourth-order valence-electron chi connectivity index (χ4n) is 2.40. The van der Waals surface area contributed by atoms with Gasteiger partial charge in [0, 0.05) is 31.2 Å². The van der Waals surface area contributed by atoms with Crippen LogP contribution in [0.1, 0.15) is 0 Å². The Kier molecular flexibility index (Phi) is 5.20. The molecule has 0 spiro atoms. The molecule has 1 aliphatic rings. The van der Waals surface area contributed by atoms with Gasteiger partial charge in [0.1, 0.15) is 6.33 Å². The van der Waals surface area contributed by atoms with Crippen LogP contribution < -0.4 is 0 Å². The average molecular weight is 352 g/mol. The lowest BCUT2D eigenvalue weighted by molar-refractivity contribution is -0.129. The summed E-state index contributed by atoms with van der Waals surface area (Å²) in [5.41, 5.74) is 0.886. The summed E-state index contributed by atoms with van der Waals surface area (Å²) in [6.45, 7) is 3.43. The minimum Gasteiger partial charge on any atom is -0.339 e. The summed E-state index contributed by atoms with van der Waals surface area (Å²) >= 11 is 7.43. The van der Waals surface area contributed by atoms with Crippen molar-refractivity contribution in [2.24, 2.45) is 0 Å². The van der Waals surface area contributed by atoms with Crippen molar-refractivity contribution in [3.63, 3.8) is 0 Å². The zero-order valence-electron chi connectivity index (χ0n) is 12.9. The van der Waals surface area contributed by atoms with Crippen LogP contribution in [-0.4, -0.2) is 69.5 Å². The van der Waals surface area contributed by atoms with Crippen LogP contribution in [0.3, 0.4) is 0 Å². The number of carbonyl (C=O) groups is 1. The number of piperazine rings is 1. The number of carbonyl (C=O) groups excluding carboxylic acids is 1. The van der Waals surface area contributed by atoms with Gasteiger partial charge in [-0.2, -0.15) is 0 Å². The quantitative estimate of drug-likeness (QED) is 0.786. The van der Waals surface area contributed by atoms with Crippen LogP contribution in [0.2, 0.25) is 5.02 Å². The van der Waals surface area contributed by atoms with E-state index in [0.717, 1.165) is 31.9 Å². The second-order valence-electron chi connectivity index (χ2n) is 5.44. The van der Waals surface area contributed by atoms with Gasteiger partial charge in [-0.3, -0.25) is 9.36 Å². The lowest BCUT2D eigenvalue weighted by Gasteiger charge is -2.32. The van der Waals surface area contributed by atoms with E-state index in [0.29, 0.717) is 15.9 Å². The van der Waals surface area contributed by atoms with E-state index in [9.17, 15) is 4.79 Å². The molecular weight excluding hydrogens is 334 g/mol. The fraction of sp³-hybridized carbons (Fsp3) is 0.400. The molecule has 0 unspecified atom stereocenters. The van der Waals surface area contributed by atoms with Crippen LogP contribution in [-0.2, 0) is 4.79 Å². The van der Waals surface area contributed by atoms with Crippen molar-refractivity contribution in [3.8, 4) is 5.69 Å². The van der Waals surface area contributed by atoms with Gasteiger partial charge in [0.05, 0.1) is 11.4 Å². The predicted molar refractivity (Wildman–Crippen MR) is 91.2 cm³/mol. The van der Waals surface area contributed by atoms with E-state index < -0.39 is 0 Å². The smallest absolute Gasteiger partial charge is 0.233 e. The van der Waals surface area contributed by atoms with Gasteiger partial charge in [-0.1, -0.05) is 29.4 Å². The standard InChI is InChI=1S/C15H18ClN5OS/c1-19-5-7-20(8-6-19)14(22)10-23-15-18-17-11-21(15)13-4-2-3-12(16)9-13/h2-4,9,11H,5-8,10H2,1H3. The molecule has 0 N–H and O–H groups in total. The molecule has 0 radical (unpaired) electrons. The van der Waals surface area contributed by atoms with Crippen molar-refractivity contribution < 1.29 is 4.79 Å². The molecule has 1 amide bonds. The van der Waals surface area contributed by atoms with Gasteiger partial charge >= 0.3 is 0 Å². The van der Waals surface area contributed by atoms with Crippen LogP contribution in [0, 0.1) is 0 Å². The molecule has 2 heterocycles. The van der Waals surface area contributed by atoms with E-state index in [1.54, 1.807) is 6.33 Å². The van der Waals surface area contributed by atoms with Crippen LogP contribution in [0.25, 0.3) is 5.69 Å². The largest absolute Gasteiger partial charge is 0.339 e. The Hall–Kier alpha value is -1.57. The summed E-state index contributed by atoms with van der Waals surface area (Å²) in [5, 5.41) is 9.39. The monoisotopic (exact) mass is 351 g/mol. The number of nitrogens with zero attached hydrogens (tertiary/aromatic N) is 5. The number of hydrogen-bond acceptors (Lipinski definition) is 5. The Labute approximate surface area is 144 Å². The number of likely N-dealkylation sites (N-methyl/N-ethyl adjacent to an activating group) is 1. The van der Waals surface area contributed by atoms with Crippen molar-refractivity contribution in [1.82, 2.24) is 24.6 Å². The summed E-state index contributed by atoms with van der Waals surface area (Å²) in [6, 6.07) is 7.47. The molecule has 3 rings (SSSR count). The Morgan fingerprint density at radius 2 is 2.09 bits per heavy atom. The third-order valence-electron chi connectivity index (χ3n) is 3.78. The van der Waals surface area contributed by atoms with Crippen molar-refractivity contribution in [1.29, 1.82) is 0 Å². The number of benzene rings is 1. The van der Waals surface area contributed by atoms with Crippen LogP contribution in [0.15, 0.2) is 35.7 Å². The molecule has 0 saturated carbocycles. The summed E-state index contributed by atoms with van der Waals surface area (Å²) in [6.07, 6.45) is 1.63. The third-order valence-corrected chi connectivity index (χ3v) is 4.95. The van der Waals surface area contributed by atoms with Crippen molar-refractivity contribution in [2.45, 2.75) is 5.16 Å². The molecule has 1 fully saturated rings. The summed E-state index contributed by atoms with van der Waals surface area (Å²) in [4.78, 5) is 16.4. The molecule has 2 aromatic rings. The van der Waals surface area contributed by atoms with E-state index in [-0.39, 0.29) is 5.91 Å². The van der Waals surface area contributed by atoms with Gasteiger partial charge in [0.25, 0.3) is 0 Å². The molecule has 0 atom stereocenters. The second kappa shape index (κ2) is 7.33. The summed E-state index contributed by atoms with van der Waals surface area (Å²) < 4.78 is 1.84. The molecule has 1 aromatic carbocycles. The Balaban J connectivity index is 1.63. The van der Waals surface area contributed by atoms with Crippen LogP contribution in [0.5, 0.6) is 0 Å². The normalized spacial score (nSPS) is 15.8. The molecule has 1 aliphatic heterocycles. The number of halogens is 1. The highest BCUT2D eigenvalue weighted by molar-refractivity contribution is 7.99. The second-order valence-corrected chi connectivity index (χ2v) is 6.82. The zero-order valence-corrected chi connectivity index (χ0v) is 14.4. The van der Waals surface area contributed by atoms with Crippen molar-refractivity contribution >= 4 is 29.3 Å². The Morgan fingerprint density at radius 3 is 2.83 bits per heavy atom. The minimum absolute atomic E-state index is 0.142. The van der Waals surface area contributed by atoms with E-state index in [2.05, 4.69) is 22.1 Å². The molecule has 0 aliphatic carbocycles. The van der Waals surface area contributed by atoms with Crippen molar-refractivity contribution in [3.05, 3.63) is 35.6 Å². The lowest BCUT2D eigenvalue weighted by Crippen LogP contribution is -2.47. The molecule has 8 heteroatoms. The number of thioether (sulfide) groups is 1. The number of rotatable bonds is 4. The first-order valence-electron chi connectivity index (χ1n) is 7.38. The van der Waals surface area contributed by atoms with Gasteiger partial charge in [-0.05, 0) is 25.2 Å². The lowest BCUT2D eigenvalue weighted by atomic mass is 10.3. The molecular formula is C15H18ClN5OS. The van der Waals surface area contributed by atoms with E-state index in [1.165, 1.54) is 11.8 Å². The maximum atomic E-state index is 12.3. The highest BCUT2D eigenvalue weighted by atomic mass is 35.5. The SMILES string of the molecule is CN1CCN(C(=O)CSc2nncn2-c2cccc(Cl)c2)CC1. The Bertz CT molecular complexity index is 684. The van der Waals surface area contributed by atoms with Gasteiger partial charge in [0.2, 0.25) is 5.91 Å². The first-order chi connectivity index (χ1) is 11.1. The van der Waals surface area contributed by atoms with Crippen LogP contribution in [0.4, 0.5) is 0 Å². The fourth-order valence-corrected chi connectivity index (χ4v) is 3.42. The maximum absolute atomic E-state index is 12.3. The minimum atomic E-state index is 0.142. The third kappa shape index (κ3) is 4.04. The average Bonchev–Trinajstić information content (AvgIpc) is 3.02. The highest BCUT2D eigenvalue weighted by Crippen LogP contribution is 2.22. The van der Waals surface area contributed by atoms with Crippen LogP contribution >= 0.6 is 23.4 Å². The van der Waals surface area contributed by atoms with Gasteiger partial charge < -0.3 is 9.80 Å². The van der Waals surface area contributed by atoms with Gasteiger partial charge in [-0.15, -0.1) is 10.2 Å². The van der Waals surface area contributed by atoms with Gasteiger partial charge in [0.15, 0.2) is 5.16 Å². The predicted octanol–water partition coefficient (Wildman–Crippen LogP) is 1.79. The zero-order chi connectivity index (χ0) is 16.2. The van der Waals surface area contributed by atoms with Crippen molar-refractivity contribution in [2.75, 3.05) is 39.0 Å². The van der Waals surface area contributed by atoms with E-state index in [4.69, 9.17) is 11.6 Å². The topological polar surface area (TPSA) is 54.3 Å². The number of hydrogen-bond donors (Lipinski definition) is 0. The molecule has 122 valence electrons. The molecule has 6 nitrogen and oxygen atoms in total. The first kappa shape index (κ1) is 16.3. The highest BCUT2D eigenvalue weighted by Gasteiger charge is 2.20. The Morgan fingerprint density at radius 1 is 1.30 bits per heavy atom. The molecule has 1 aromatic heterocycles. The summed E-state index contributed by atoms with van der Waals surface area (Å²) in [5.74, 6) is 0.506. The molecule has 23 heavy (non-hydrogen) atoms. The first-order valence-corrected chi connectivity index (χ1v) is 8.75. The maximum Gasteiger partial charge on any atom is 0.233 e. The summed E-state index contributed by atoms with van der Waals surface area (Å²) in [7, 11) is 2.07.